The van der Waals surface area contributed by atoms with Gasteiger partial charge < -0.3 is 4.57 Å². The molecule has 0 unspecified atom stereocenters. The molecule has 2 heterocycles. The largest absolute Gasteiger partial charge is 0.305 e. The van der Waals surface area contributed by atoms with Crippen molar-refractivity contribution >= 4 is 11.8 Å². The number of rotatable bonds is 5. The predicted molar refractivity (Wildman–Crippen MR) is 94.3 cm³/mol. The van der Waals surface area contributed by atoms with E-state index in [1.54, 1.807) is 30.0 Å². The number of benzene rings is 1. The number of halogens is 1. The second-order valence-electron chi connectivity index (χ2n) is 5.84. The highest BCUT2D eigenvalue weighted by atomic mass is 32.2. The number of aromatic nitrogens is 4. The Bertz CT molecular complexity index is 845. The van der Waals surface area contributed by atoms with E-state index >= 15 is 0 Å². The Labute approximate surface area is 145 Å². The lowest BCUT2D eigenvalue weighted by atomic mass is 10.1. The first-order chi connectivity index (χ1) is 11.6. The first kappa shape index (κ1) is 16.6. The molecule has 0 saturated heterocycles. The zero-order chi connectivity index (χ0) is 17.1. The minimum atomic E-state index is -0.296. The molecule has 0 aliphatic carbocycles. The van der Waals surface area contributed by atoms with Crippen molar-refractivity contribution in [2.24, 2.45) is 7.05 Å². The number of hydrogen-bond donors (Lipinski definition) is 0. The van der Waals surface area contributed by atoms with Crippen LogP contribution in [0, 0.1) is 5.82 Å². The van der Waals surface area contributed by atoms with E-state index in [2.05, 4.69) is 29.0 Å². The van der Waals surface area contributed by atoms with Crippen LogP contribution < -0.4 is 0 Å². The Balaban J connectivity index is 1.78. The summed E-state index contributed by atoms with van der Waals surface area (Å²) in [5.74, 6) is 1.33. The van der Waals surface area contributed by atoms with Crippen LogP contribution in [0.25, 0.3) is 11.4 Å². The highest BCUT2D eigenvalue weighted by Crippen LogP contribution is 2.26. The van der Waals surface area contributed by atoms with Crippen LogP contribution in [-0.4, -0.2) is 19.7 Å². The van der Waals surface area contributed by atoms with Crippen molar-refractivity contribution in [2.75, 3.05) is 0 Å². The van der Waals surface area contributed by atoms with Crippen molar-refractivity contribution in [1.29, 1.82) is 0 Å². The molecule has 0 aliphatic rings. The molecule has 6 heteroatoms. The van der Waals surface area contributed by atoms with Gasteiger partial charge in [-0.3, -0.25) is 4.98 Å². The molecule has 124 valence electrons. The van der Waals surface area contributed by atoms with E-state index in [-0.39, 0.29) is 5.82 Å². The van der Waals surface area contributed by atoms with E-state index in [9.17, 15) is 4.39 Å². The van der Waals surface area contributed by atoms with Crippen LogP contribution in [0.15, 0.2) is 47.6 Å². The van der Waals surface area contributed by atoms with Crippen LogP contribution in [0.3, 0.4) is 0 Å². The molecular weight excluding hydrogens is 323 g/mol. The zero-order valence-electron chi connectivity index (χ0n) is 13.9. The Hall–Kier alpha value is -2.21. The van der Waals surface area contributed by atoms with Gasteiger partial charge in [0, 0.05) is 18.5 Å². The van der Waals surface area contributed by atoms with Crippen molar-refractivity contribution in [1.82, 2.24) is 19.7 Å². The molecule has 0 atom stereocenters. The summed E-state index contributed by atoms with van der Waals surface area (Å²) in [6.45, 7) is 4.26. The van der Waals surface area contributed by atoms with Gasteiger partial charge in [-0.25, -0.2) is 4.39 Å². The molecule has 3 rings (SSSR count). The van der Waals surface area contributed by atoms with E-state index in [0.717, 1.165) is 16.5 Å². The fraction of sp³-hybridized carbons (Fsp3) is 0.278. The quantitative estimate of drug-likeness (QED) is 0.643. The average molecular weight is 342 g/mol. The topological polar surface area (TPSA) is 43.6 Å². The second-order valence-corrected chi connectivity index (χ2v) is 6.78. The third kappa shape index (κ3) is 3.48. The second kappa shape index (κ2) is 7.13. The van der Waals surface area contributed by atoms with Gasteiger partial charge in [-0.05, 0) is 30.2 Å². The summed E-state index contributed by atoms with van der Waals surface area (Å²) in [5.41, 5.74) is 2.54. The minimum absolute atomic E-state index is 0.296. The molecular formula is C18H19FN4S. The minimum Gasteiger partial charge on any atom is -0.305 e. The van der Waals surface area contributed by atoms with Crippen LogP contribution in [0.1, 0.15) is 31.2 Å². The van der Waals surface area contributed by atoms with Gasteiger partial charge in [-0.2, -0.15) is 0 Å². The van der Waals surface area contributed by atoms with Gasteiger partial charge in [-0.1, -0.05) is 43.8 Å². The summed E-state index contributed by atoms with van der Waals surface area (Å²) in [6, 6.07) is 12.7. The van der Waals surface area contributed by atoms with Crippen molar-refractivity contribution in [3.8, 4) is 11.4 Å². The molecule has 0 saturated carbocycles. The third-order valence-corrected chi connectivity index (χ3v) is 4.77. The summed E-state index contributed by atoms with van der Waals surface area (Å²) in [7, 11) is 1.85. The maximum atomic E-state index is 13.9. The molecule has 0 radical (unpaired) electrons. The Morgan fingerprint density at radius 3 is 2.62 bits per heavy atom. The monoisotopic (exact) mass is 342 g/mol. The first-order valence-electron chi connectivity index (χ1n) is 7.79. The van der Waals surface area contributed by atoms with Crippen molar-refractivity contribution < 1.29 is 4.39 Å². The summed E-state index contributed by atoms with van der Waals surface area (Å²) < 4.78 is 15.8. The maximum Gasteiger partial charge on any atom is 0.191 e. The first-order valence-corrected chi connectivity index (χ1v) is 8.77. The molecule has 0 N–H and O–H groups in total. The summed E-state index contributed by atoms with van der Waals surface area (Å²) in [6.07, 6.45) is 0. The molecule has 1 aromatic carbocycles. The van der Waals surface area contributed by atoms with E-state index in [1.165, 1.54) is 6.07 Å². The standard InChI is InChI=1S/C18H19FN4S/c1-12(2)16-10-6-7-13(20-16)11-24-18-22-21-17(23(18)3)14-8-4-5-9-15(14)19/h4-10,12H,11H2,1-3H3. The van der Waals surface area contributed by atoms with Crippen molar-refractivity contribution in [3.05, 3.63) is 59.7 Å². The summed E-state index contributed by atoms with van der Waals surface area (Å²) in [4.78, 5) is 4.66. The van der Waals surface area contributed by atoms with Crippen LogP contribution in [0.2, 0.25) is 0 Å². The fourth-order valence-corrected chi connectivity index (χ4v) is 3.17. The molecule has 0 aliphatic heterocycles. The van der Waals surface area contributed by atoms with Gasteiger partial charge >= 0.3 is 0 Å². The molecule has 24 heavy (non-hydrogen) atoms. The number of pyridine rings is 1. The van der Waals surface area contributed by atoms with E-state index < -0.39 is 0 Å². The molecule has 2 aromatic heterocycles. The van der Waals surface area contributed by atoms with E-state index in [4.69, 9.17) is 0 Å². The predicted octanol–water partition coefficient (Wildman–Crippen LogP) is 4.43. The number of thioether (sulfide) groups is 1. The van der Waals surface area contributed by atoms with Crippen LogP contribution >= 0.6 is 11.8 Å². The average Bonchev–Trinajstić information content (AvgIpc) is 2.94. The third-order valence-electron chi connectivity index (χ3n) is 3.72. The maximum absolute atomic E-state index is 13.9. The Morgan fingerprint density at radius 2 is 1.88 bits per heavy atom. The lowest BCUT2D eigenvalue weighted by Gasteiger charge is -2.07. The molecule has 3 aromatic rings. The molecule has 0 bridgehead atoms. The lowest BCUT2D eigenvalue weighted by Crippen LogP contribution is -1.98. The Morgan fingerprint density at radius 1 is 1.08 bits per heavy atom. The van der Waals surface area contributed by atoms with Crippen molar-refractivity contribution in [2.45, 2.75) is 30.7 Å². The number of nitrogens with zero attached hydrogens (tertiary/aromatic N) is 4. The van der Waals surface area contributed by atoms with Gasteiger partial charge in [0.05, 0.1) is 11.3 Å². The van der Waals surface area contributed by atoms with Gasteiger partial charge in [0.1, 0.15) is 5.82 Å². The number of hydrogen-bond acceptors (Lipinski definition) is 4. The highest BCUT2D eigenvalue weighted by molar-refractivity contribution is 7.98. The fourth-order valence-electron chi connectivity index (χ4n) is 2.36. The van der Waals surface area contributed by atoms with Gasteiger partial charge in [0.25, 0.3) is 0 Å². The van der Waals surface area contributed by atoms with Crippen LogP contribution in [-0.2, 0) is 12.8 Å². The molecule has 0 amide bonds. The van der Waals surface area contributed by atoms with E-state index in [0.29, 0.717) is 23.1 Å². The normalized spacial score (nSPS) is 11.2. The Kier molecular flexibility index (Phi) is 4.94. The van der Waals surface area contributed by atoms with E-state index in [1.807, 2.05) is 29.8 Å². The van der Waals surface area contributed by atoms with Gasteiger partial charge in [0.15, 0.2) is 11.0 Å². The highest BCUT2D eigenvalue weighted by Gasteiger charge is 2.14. The SMILES string of the molecule is CC(C)c1cccc(CSc2nnc(-c3ccccc3F)n2C)n1. The smallest absolute Gasteiger partial charge is 0.191 e. The van der Waals surface area contributed by atoms with Gasteiger partial charge in [0.2, 0.25) is 0 Å². The summed E-state index contributed by atoms with van der Waals surface area (Å²) in [5, 5.41) is 9.06. The van der Waals surface area contributed by atoms with Gasteiger partial charge in [-0.15, -0.1) is 10.2 Å². The zero-order valence-corrected chi connectivity index (χ0v) is 14.7. The summed E-state index contributed by atoms with van der Waals surface area (Å²) >= 11 is 1.55. The lowest BCUT2D eigenvalue weighted by molar-refractivity contribution is 0.628. The van der Waals surface area contributed by atoms with Crippen molar-refractivity contribution in [3.63, 3.8) is 0 Å². The molecule has 4 nitrogen and oxygen atoms in total. The van der Waals surface area contributed by atoms with Crippen LogP contribution in [0.4, 0.5) is 4.39 Å². The molecule has 0 spiro atoms. The van der Waals surface area contributed by atoms with Crippen LogP contribution in [0.5, 0.6) is 0 Å². The molecule has 0 fully saturated rings.